The van der Waals surface area contributed by atoms with E-state index in [1.54, 1.807) is 0 Å². The summed E-state index contributed by atoms with van der Waals surface area (Å²) in [7, 11) is 0. The van der Waals surface area contributed by atoms with Crippen molar-refractivity contribution in [1.82, 2.24) is 0 Å². The van der Waals surface area contributed by atoms with Crippen molar-refractivity contribution in [3.05, 3.63) is 0 Å². The van der Waals surface area contributed by atoms with Gasteiger partial charge in [-0.15, -0.1) is 0 Å². The molecule has 0 N–H and O–H groups in total. The molecule has 0 heterocycles. The SMILES string of the molecule is CC(F)Br. The van der Waals surface area contributed by atoms with Crippen molar-refractivity contribution in [2.75, 3.05) is 0 Å². The summed E-state index contributed by atoms with van der Waals surface area (Å²) in [4.78, 5) is 0. The maximum absolute atomic E-state index is 10.9. The molecule has 1 unspecified atom stereocenters. The molecule has 0 saturated carbocycles. The maximum Gasteiger partial charge on any atom is 0.152 e. The first kappa shape index (κ1) is 4.41. The van der Waals surface area contributed by atoms with Crippen molar-refractivity contribution in [3.63, 3.8) is 0 Å². The Morgan fingerprint density at radius 3 is 2.00 bits per heavy atom. The fraction of sp³-hybridized carbons (Fsp3) is 1.00. The van der Waals surface area contributed by atoms with Crippen molar-refractivity contribution >= 4 is 15.9 Å². The van der Waals surface area contributed by atoms with Gasteiger partial charge < -0.3 is 0 Å². The van der Waals surface area contributed by atoms with Crippen LogP contribution >= 0.6 is 15.9 Å². The third kappa shape index (κ3) is 28.5. The summed E-state index contributed by atoms with van der Waals surface area (Å²) in [6.45, 7) is 1.42. The van der Waals surface area contributed by atoms with Gasteiger partial charge in [-0.3, -0.25) is 0 Å². The van der Waals surface area contributed by atoms with Crippen molar-refractivity contribution in [1.29, 1.82) is 0 Å². The molecule has 0 radical (unpaired) electrons. The van der Waals surface area contributed by atoms with Gasteiger partial charge in [-0.2, -0.15) is 0 Å². The zero-order valence-electron chi connectivity index (χ0n) is 2.33. The zero-order valence-corrected chi connectivity index (χ0v) is 3.92. The van der Waals surface area contributed by atoms with Gasteiger partial charge in [0, 0.05) is 0 Å². The molecule has 0 aliphatic heterocycles. The summed E-state index contributed by atoms with van der Waals surface area (Å²) in [5.41, 5.74) is 0. The van der Waals surface area contributed by atoms with Crippen LogP contribution in [0.4, 0.5) is 4.39 Å². The molecular weight excluding hydrogens is 123 g/mol. The standard InChI is InChI=1S/C2H4BrF/c1-2(3)4/h2H,1H3. The second-order valence-electron chi connectivity index (χ2n) is 0.519. The Labute approximate surface area is 33.1 Å². The molecule has 0 aromatic carbocycles. The van der Waals surface area contributed by atoms with E-state index in [1.165, 1.54) is 6.92 Å². The summed E-state index contributed by atoms with van der Waals surface area (Å²) in [6.07, 6.45) is 0. The molecule has 2 heteroatoms. The van der Waals surface area contributed by atoms with Crippen LogP contribution in [-0.2, 0) is 0 Å². The third-order valence-corrected chi connectivity index (χ3v) is 0. The fourth-order valence-electron chi connectivity index (χ4n) is 0. The van der Waals surface area contributed by atoms with E-state index in [-0.39, 0.29) is 0 Å². The largest absolute Gasteiger partial charge is 0.235 e. The summed E-state index contributed by atoms with van der Waals surface area (Å²) in [5, 5.41) is -0.854. The number of halogens is 2. The Balaban J connectivity index is 2.32. The van der Waals surface area contributed by atoms with Crippen molar-refractivity contribution in [2.24, 2.45) is 0 Å². The predicted octanol–water partition coefficient (Wildman–Crippen LogP) is 1.70. The van der Waals surface area contributed by atoms with Gasteiger partial charge in [0.05, 0.1) is 0 Å². The van der Waals surface area contributed by atoms with Gasteiger partial charge in [0.25, 0.3) is 0 Å². The van der Waals surface area contributed by atoms with Crippen LogP contribution in [0.2, 0.25) is 0 Å². The van der Waals surface area contributed by atoms with E-state index in [4.69, 9.17) is 0 Å². The smallest absolute Gasteiger partial charge is 0.152 e. The first-order valence-corrected chi connectivity index (χ1v) is 1.93. The normalized spacial score (nSPS) is 15.8. The van der Waals surface area contributed by atoms with E-state index in [9.17, 15) is 4.39 Å². The average molecular weight is 127 g/mol. The summed E-state index contributed by atoms with van der Waals surface area (Å²) < 4.78 is 10.9. The molecular formula is C2H4BrF. The molecule has 0 rings (SSSR count). The first-order valence-electron chi connectivity index (χ1n) is 1.01. The second kappa shape index (κ2) is 1.70. The highest BCUT2D eigenvalue weighted by Gasteiger charge is 1.76. The van der Waals surface area contributed by atoms with Crippen molar-refractivity contribution < 1.29 is 4.39 Å². The minimum Gasteiger partial charge on any atom is -0.235 e. The number of hydrogen-bond donors (Lipinski definition) is 0. The molecule has 0 saturated heterocycles. The van der Waals surface area contributed by atoms with Crippen LogP contribution in [0.25, 0.3) is 0 Å². The summed E-state index contributed by atoms with van der Waals surface area (Å²) in [6, 6.07) is 0. The van der Waals surface area contributed by atoms with E-state index in [1.807, 2.05) is 0 Å². The topological polar surface area (TPSA) is 0 Å². The van der Waals surface area contributed by atoms with E-state index < -0.39 is 5.08 Å². The third-order valence-electron chi connectivity index (χ3n) is 0. The number of alkyl halides is 2. The monoisotopic (exact) mass is 126 g/mol. The van der Waals surface area contributed by atoms with Gasteiger partial charge in [0.1, 0.15) is 0 Å². The molecule has 4 heavy (non-hydrogen) atoms. The maximum atomic E-state index is 10.9. The van der Waals surface area contributed by atoms with E-state index >= 15 is 0 Å². The molecule has 0 aliphatic carbocycles. The van der Waals surface area contributed by atoms with E-state index in [0.29, 0.717) is 0 Å². The molecule has 26 valence electrons. The van der Waals surface area contributed by atoms with Crippen molar-refractivity contribution in [3.8, 4) is 0 Å². The Hall–Kier alpha value is 0.410. The van der Waals surface area contributed by atoms with Gasteiger partial charge in [-0.25, -0.2) is 4.39 Å². The van der Waals surface area contributed by atoms with Crippen LogP contribution < -0.4 is 0 Å². The molecule has 0 spiro atoms. The first-order chi connectivity index (χ1) is 1.73. The van der Waals surface area contributed by atoms with Crippen LogP contribution in [-0.4, -0.2) is 5.08 Å². The Morgan fingerprint density at radius 1 is 2.00 bits per heavy atom. The predicted molar refractivity (Wildman–Crippen MR) is 19.5 cm³/mol. The molecule has 0 aromatic heterocycles. The molecule has 0 bridgehead atoms. The molecule has 0 fully saturated rings. The van der Waals surface area contributed by atoms with Gasteiger partial charge in [-0.05, 0) is 6.92 Å². The highest BCUT2D eigenvalue weighted by molar-refractivity contribution is 9.09. The quantitative estimate of drug-likeness (QED) is 0.434. The molecule has 0 nitrogen and oxygen atoms in total. The minimum atomic E-state index is -0.854. The Kier molecular flexibility index (Phi) is 1.88. The van der Waals surface area contributed by atoms with Gasteiger partial charge in [-0.1, -0.05) is 15.9 Å². The van der Waals surface area contributed by atoms with Crippen LogP contribution in [0.15, 0.2) is 0 Å². The summed E-state index contributed by atoms with van der Waals surface area (Å²) in [5.74, 6) is 0. The highest BCUT2D eigenvalue weighted by atomic mass is 79.9. The molecule has 0 aliphatic rings. The Morgan fingerprint density at radius 2 is 2.00 bits per heavy atom. The van der Waals surface area contributed by atoms with Gasteiger partial charge in [0.15, 0.2) is 5.08 Å². The lowest BCUT2D eigenvalue weighted by molar-refractivity contribution is 0.492. The van der Waals surface area contributed by atoms with Gasteiger partial charge >= 0.3 is 0 Å². The van der Waals surface area contributed by atoms with Crippen LogP contribution in [0.5, 0.6) is 0 Å². The van der Waals surface area contributed by atoms with E-state index in [0.717, 1.165) is 0 Å². The van der Waals surface area contributed by atoms with E-state index in [2.05, 4.69) is 15.9 Å². The average Bonchev–Trinajstić information content (AvgIpc) is 0.811. The lowest BCUT2D eigenvalue weighted by Gasteiger charge is -1.71. The minimum absolute atomic E-state index is 0.854. The molecule has 0 aromatic rings. The van der Waals surface area contributed by atoms with Crippen LogP contribution in [0.1, 0.15) is 6.92 Å². The van der Waals surface area contributed by atoms with Crippen LogP contribution in [0.3, 0.4) is 0 Å². The fourth-order valence-corrected chi connectivity index (χ4v) is 0. The van der Waals surface area contributed by atoms with Crippen LogP contribution in [0, 0.1) is 0 Å². The van der Waals surface area contributed by atoms with Crippen molar-refractivity contribution in [2.45, 2.75) is 12.0 Å². The summed E-state index contributed by atoms with van der Waals surface area (Å²) >= 11 is 2.60. The molecule has 1 atom stereocenters. The number of rotatable bonds is 0. The van der Waals surface area contributed by atoms with Gasteiger partial charge in [0.2, 0.25) is 0 Å². The number of hydrogen-bond acceptors (Lipinski definition) is 0. The lowest BCUT2D eigenvalue weighted by atomic mass is 10.9. The Bertz CT molecular complexity index is 10.8. The highest BCUT2D eigenvalue weighted by Crippen LogP contribution is 1.93. The lowest BCUT2D eigenvalue weighted by Crippen LogP contribution is -1.65. The zero-order chi connectivity index (χ0) is 3.58. The molecule has 0 amide bonds. The second-order valence-corrected chi connectivity index (χ2v) is 1.78.